The lowest BCUT2D eigenvalue weighted by atomic mass is 10.2. The summed E-state index contributed by atoms with van der Waals surface area (Å²) in [7, 11) is 0. The number of thiol groups is 1. The van der Waals surface area contributed by atoms with Gasteiger partial charge in [-0.15, -0.1) is 0 Å². The Bertz CT molecular complexity index is 196. The number of thioether (sulfide) groups is 1. The van der Waals surface area contributed by atoms with E-state index in [2.05, 4.69) is 34.7 Å². The molecule has 0 aromatic carbocycles. The van der Waals surface area contributed by atoms with Crippen molar-refractivity contribution in [1.29, 1.82) is 0 Å². The van der Waals surface area contributed by atoms with Crippen LogP contribution in [0, 0.1) is 5.92 Å². The molecule has 0 amide bonds. The van der Waals surface area contributed by atoms with Gasteiger partial charge in [-0.3, -0.25) is 5.10 Å². The highest BCUT2D eigenvalue weighted by Crippen LogP contribution is 2.18. The number of aromatic nitrogens is 3. The Balaban J connectivity index is 2.25. The maximum atomic E-state index is 4.27. The van der Waals surface area contributed by atoms with Gasteiger partial charge in [0.25, 0.3) is 0 Å². The Labute approximate surface area is 82.2 Å². The summed E-state index contributed by atoms with van der Waals surface area (Å²) >= 11 is 5.97. The molecule has 0 saturated heterocycles. The first-order chi connectivity index (χ1) is 5.86. The zero-order valence-electron chi connectivity index (χ0n) is 7.03. The smallest absolute Gasteiger partial charge is 0.183 e. The molecule has 1 rings (SSSR count). The molecule has 68 valence electrons. The summed E-state index contributed by atoms with van der Waals surface area (Å²) in [4.78, 5) is 4.03. The molecule has 1 aromatic rings. The van der Waals surface area contributed by atoms with Crippen molar-refractivity contribution in [3.05, 3.63) is 6.33 Å². The van der Waals surface area contributed by atoms with E-state index in [4.69, 9.17) is 0 Å². The van der Waals surface area contributed by atoms with E-state index in [0.29, 0.717) is 5.92 Å². The van der Waals surface area contributed by atoms with Gasteiger partial charge in [-0.25, -0.2) is 4.98 Å². The Morgan fingerprint density at radius 3 is 3.08 bits per heavy atom. The van der Waals surface area contributed by atoms with Crippen molar-refractivity contribution in [3.63, 3.8) is 0 Å². The standard InChI is InChI=1S/C7H13N3S2/c1-2-6(3-11)4-12-7-8-5-9-10-7/h5-6,11H,2-4H2,1H3,(H,8,9,10). The second-order valence-corrected chi connectivity index (χ2v) is 3.93. The van der Waals surface area contributed by atoms with Crippen LogP contribution in [0.3, 0.4) is 0 Å². The highest BCUT2D eigenvalue weighted by Gasteiger charge is 2.05. The molecule has 12 heavy (non-hydrogen) atoms. The molecule has 0 aliphatic carbocycles. The third kappa shape index (κ3) is 3.06. The van der Waals surface area contributed by atoms with Gasteiger partial charge in [-0.2, -0.15) is 17.7 Å². The van der Waals surface area contributed by atoms with Crippen LogP contribution in [0.4, 0.5) is 0 Å². The van der Waals surface area contributed by atoms with Crippen LogP contribution in [-0.4, -0.2) is 26.7 Å². The van der Waals surface area contributed by atoms with Crippen LogP contribution in [0.1, 0.15) is 13.3 Å². The van der Waals surface area contributed by atoms with Crippen molar-refractivity contribution in [2.45, 2.75) is 18.5 Å². The summed E-state index contributed by atoms with van der Waals surface area (Å²) < 4.78 is 0. The predicted molar refractivity (Wildman–Crippen MR) is 54.7 cm³/mol. The number of aromatic amines is 1. The molecule has 1 unspecified atom stereocenters. The van der Waals surface area contributed by atoms with Crippen LogP contribution >= 0.6 is 24.4 Å². The second kappa shape index (κ2) is 5.48. The number of nitrogens with one attached hydrogen (secondary N) is 1. The summed E-state index contributed by atoms with van der Waals surface area (Å²) in [6.07, 6.45) is 2.70. The lowest BCUT2D eigenvalue weighted by Crippen LogP contribution is -2.03. The van der Waals surface area contributed by atoms with Crippen molar-refractivity contribution in [1.82, 2.24) is 15.2 Å². The average Bonchev–Trinajstić information content (AvgIpc) is 2.59. The minimum absolute atomic E-state index is 0.670. The van der Waals surface area contributed by atoms with Gasteiger partial charge in [0.1, 0.15) is 6.33 Å². The molecule has 0 fully saturated rings. The molecule has 0 spiro atoms. The van der Waals surface area contributed by atoms with E-state index in [1.165, 1.54) is 12.7 Å². The fourth-order valence-corrected chi connectivity index (χ4v) is 2.31. The molecule has 3 nitrogen and oxygen atoms in total. The molecule has 1 atom stereocenters. The first kappa shape index (κ1) is 9.92. The van der Waals surface area contributed by atoms with Gasteiger partial charge in [0.2, 0.25) is 0 Å². The van der Waals surface area contributed by atoms with Gasteiger partial charge in [-0.05, 0) is 11.7 Å². The fourth-order valence-electron chi connectivity index (χ4n) is 0.760. The summed E-state index contributed by atoms with van der Waals surface area (Å²) in [5.74, 6) is 2.68. The maximum Gasteiger partial charge on any atom is 0.183 e. The van der Waals surface area contributed by atoms with E-state index in [-0.39, 0.29) is 0 Å². The average molecular weight is 203 g/mol. The van der Waals surface area contributed by atoms with E-state index in [9.17, 15) is 0 Å². The van der Waals surface area contributed by atoms with Gasteiger partial charge in [0.05, 0.1) is 0 Å². The molecule has 0 bridgehead atoms. The van der Waals surface area contributed by atoms with E-state index >= 15 is 0 Å². The van der Waals surface area contributed by atoms with Crippen LogP contribution in [-0.2, 0) is 0 Å². The second-order valence-electron chi connectivity index (χ2n) is 2.56. The van der Waals surface area contributed by atoms with E-state index in [1.807, 2.05) is 0 Å². The molecule has 0 aliphatic heterocycles. The van der Waals surface area contributed by atoms with Crippen molar-refractivity contribution < 1.29 is 0 Å². The zero-order chi connectivity index (χ0) is 8.81. The molecule has 1 aromatic heterocycles. The minimum atomic E-state index is 0.670. The van der Waals surface area contributed by atoms with E-state index in [1.54, 1.807) is 11.8 Å². The largest absolute Gasteiger partial charge is 0.254 e. The van der Waals surface area contributed by atoms with Crippen LogP contribution < -0.4 is 0 Å². The zero-order valence-corrected chi connectivity index (χ0v) is 8.74. The highest BCUT2D eigenvalue weighted by molar-refractivity contribution is 7.99. The third-order valence-corrected chi connectivity index (χ3v) is 3.31. The Hall–Kier alpha value is -0.160. The molecule has 5 heteroatoms. The van der Waals surface area contributed by atoms with Crippen molar-refractivity contribution in [3.8, 4) is 0 Å². The van der Waals surface area contributed by atoms with Crippen LogP contribution in [0.5, 0.6) is 0 Å². The van der Waals surface area contributed by atoms with Gasteiger partial charge in [-0.1, -0.05) is 25.1 Å². The first-order valence-electron chi connectivity index (χ1n) is 3.95. The van der Waals surface area contributed by atoms with Crippen LogP contribution in [0.2, 0.25) is 0 Å². The predicted octanol–water partition coefficient (Wildman–Crippen LogP) is 1.85. The Kier molecular flexibility index (Phi) is 4.53. The third-order valence-electron chi connectivity index (χ3n) is 1.68. The number of rotatable bonds is 5. The van der Waals surface area contributed by atoms with Crippen LogP contribution in [0.15, 0.2) is 11.5 Å². The number of hydrogen-bond acceptors (Lipinski definition) is 4. The van der Waals surface area contributed by atoms with Crippen molar-refractivity contribution in [2.75, 3.05) is 11.5 Å². The Morgan fingerprint density at radius 2 is 2.58 bits per heavy atom. The summed E-state index contributed by atoms with van der Waals surface area (Å²) in [5, 5.41) is 7.49. The minimum Gasteiger partial charge on any atom is -0.254 e. The highest BCUT2D eigenvalue weighted by atomic mass is 32.2. The van der Waals surface area contributed by atoms with Gasteiger partial charge < -0.3 is 0 Å². The van der Waals surface area contributed by atoms with Crippen molar-refractivity contribution >= 4 is 24.4 Å². The number of nitrogens with zero attached hydrogens (tertiary/aromatic N) is 2. The topological polar surface area (TPSA) is 41.6 Å². The summed E-state index contributed by atoms with van der Waals surface area (Å²) in [6, 6.07) is 0. The van der Waals surface area contributed by atoms with Gasteiger partial charge in [0, 0.05) is 5.75 Å². The molecule has 1 heterocycles. The summed E-state index contributed by atoms with van der Waals surface area (Å²) in [5.41, 5.74) is 0. The quantitative estimate of drug-likeness (QED) is 0.567. The fraction of sp³-hybridized carbons (Fsp3) is 0.714. The van der Waals surface area contributed by atoms with Gasteiger partial charge in [0.15, 0.2) is 5.16 Å². The molecular weight excluding hydrogens is 190 g/mol. The normalized spacial score (nSPS) is 13.2. The molecule has 0 aliphatic rings. The number of H-pyrrole nitrogens is 1. The molecule has 1 N–H and O–H groups in total. The van der Waals surface area contributed by atoms with Gasteiger partial charge >= 0.3 is 0 Å². The van der Waals surface area contributed by atoms with E-state index < -0.39 is 0 Å². The van der Waals surface area contributed by atoms with E-state index in [0.717, 1.165) is 16.7 Å². The summed E-state index contributed by atoms with van der Waals surface area (Å²) in [6.45, 7) is 2.18. The lowest BCUT2D eigenvalue weighted by molar-refractivity contribution is 0.648. The molecule has 0 radical (unpaired) electrons. The lowest BCUT2D eigenvalue weighted by Gasteiger charge is -2.08. The number of hydrogen-bond donors (Lipinski definition) is 2. The van der Waals surface area contributed by atoms with Crippen molar-refractivity contribution in [2.24, 2.45) is 5.92 Å². The Morgan fingerprint density at radius 1 is 1.75 bits per heavy atom. The maximum absolute atomic E-state index is 4.27. The molecule has 0 saturated carbocycles. The molecular formula is C7H13N3S2. The monoisotopic (exact) mass is 203 g/mol. The van der Waals surface area contributed by atoms with Crippen LogP contribution in [0.25, 0.3) is 0 Å². The SMILES string of the molecule is CCC(CS)CSc1ncn[nH]1. The first-order valence-corrected chi connectivity index (χ1v) is 5.57.